The number of ether oxygens (including phenoxy) is 3. The third-order valence-corrected chi connectivity index (χ3v) is 5.86. The second-order valence-electron chi connectivity index (χ2n) is 6.53. The maximum absolute atomic E-state index is 5.84. The van der Waals surface area contributed by atoms with Crippen LogP contribution < -0.4 is 14.2 Å². The summed E-state index contributed by atoms with van der Waals surface area (Å²) in [5.74, 6) is 2.55. The molecule has 0 N–H and O–H groups in total. The van der Waals surface area contributed by atoms with Gasteiger partial charge in [-0.3, -0.25) is 4.40 Å². The van der Waals surface area contributed by atoms with Crippen molar-refractivity contribution in [1.82, 2.24) is 19.6 Å². The number of benzene rings is 1. The Bertz CT molecular complexity index is 1150. The molecule has 0 bridgehead atoms. The molecule has 3 aromatic heterocycles. The molecular formula is C21H24N4O3S. The van der Waals surface area contributed by atoms with E-state index in [1.54, 1.807) is 17.7 Å². The Balaban J connectivity index is 1.94. The van der Waals surface area contributed by atoms with Gasteiger partial charge in [-0.25, -0.2) is 4.98 Å². The van der Waals surface area contributed by atoms with Gasteiger partial charge in [-0.15, -0.1) is 21.5 Å². The van der Waals surface area contributed by atoms with Crippen molar-refractivity contribution < 1.29 is 14.2 Å². The number of aryl methyl sites for hydroxylation is 2. The summed E-state index contributed by atoms with van der Waals surface area (Å²) in [6.07, 6.45) is 1.78. The lowest BCUT2D eigenvalue weighted by Crippen LogP contribution is -2.03. The highest BCUT2D eigenvalue weighted by Gasteiger charge is 2.20. The molecule has 0 saturated heterocycles. The predicted molar refractivity (Wildman–Crippen MR) is 115 cm³/mol. The van der Waals surface area contributed by atoms with Gasteiger partial charge in [-0.05, 0) is 52.3 Å². The maximum Gasteiger partial charge on any atom is 0.203 e. The molecule has 0 aliphatic rings. The Morgan fingerprint density at radius 2 is 1.59 bits per heavy atom. The minimum absolute atomic E-state index is 0.519. The lowest BCUT2D eigenvalue weighted by Gasteiger charge is -2.16. The van der Waals surface area contributed by atoms with Crippen molar-refractivity contribution in [3.63, 3.8) is 0 Å². The van der Waals surface area contributed by atoms with Crippen LogP contribution in [0.15, 0.2) is 18.5 Å². The van der Waals surface area contributed by atoms with Crippen LogP contribution >= 0.6 is 11.3 Å². The summed E-state index contributed by atoms with van der Waals surface area (Å²) in [6.45, 7) is 11.6. The molecule has 1 aromatic carbocycles. The number of fused-ring (bicyclic) bond motifs is 3. The molecule has 7 nitrogen and oxygen atoms in total. The van der Waals surface area contributed by atoms with Gasteiger partial charge >= 0.3 is 0 Å². The van der Waals surface area contributed by atoms with Crippen molar-refractivity contribution in [3.05, 3.63) is 28.9 Å². The second-order valence-corrected chi connectivity index (χ2v) is 7.73. The van der Waals surface area contributed by atoms with Crippen LogP contribution in [0, 0.1) is 13.8 Å². The van der Waals surface area contributed by atoms with Crippen LogP contribution in [0.25, 0.3) is 27.3 Å². The first-order chi connectivity index (χ1) is 14.1. The zero-order valence-electron chi connectivity index (χ0n) is 17.3. The molecule has 0 radical (unpaired) electrons. The quantitative estimate of drug-likeness (QED) is 0.433. The van der Waals surface area contributed by atoms with E-state index in [0.717, 1.165) is 21.4 Å². The summed E-state index contributed by atoms with van der Waals surface area (Å²) in [7, 11) is 0. The van der Waals surface area contributed by atoms with E-state index in [-0.39, 0.29) is 0 Å². The molecule has 0 aliphatic heterocycles. The van der Waals surface area contributed by atoms with Crippen LogP contribution in [0.5, 0.6) is 17.2 Å². The van der Waals surface area contributed by atoms with Crippen LogP contribution in [-0.2, 0) is 0 Å². The van der Waals surface area contributed by atoms with E-state index in [9.17, 15) is 0 Å². The molecule has 152 valence electrons. The minimum atomic E-state index is 0.519. The van der Waals surface area contributed by atoms with Crippen LogP contribution in [0.3, 0.4) is 0 Å². The van der Waals surface area contributed by atoms with Gasteiger partial charge in [-0.1, -0.05) is 0 Å². The van der Waals surface area contributed by atoms with Crippen molar-refractivity contribution in [1.29, 1.82) is 0 Å². The highest BCUT2D eigenvalue weighted by molar-refractivity contribution is 7.18. The summed E-state index contributed by atoms with van der Waals surface area (Å²) in [4.78, 5) is 6.84. The summed E-state index contributed by atoms with van der Waals surface area (Å²) in [6, 6.07) is 3.84. The molecule has 29 heavy (non-hydrogen) atoms. The van der Waals surface area contributed by atoms with Crippen LogP contribution in [-0.4, -0.2) is 39.4 Å². The van der Waals surface area contributed by atoms with E-state index >= 15 is 0 Å². The lowest BCUT2D eigenvalue weighted by molar-refractivity contribution is 0.261. The van der Waals surface area contributed by atoms with Crippen molar-refractivity contribution in [3.8, 4) is 28.6 Å². The fourth-order valence-electron chi connectivity index (χ4n) is 3.36. The molecule has 0 fully saturated rings. The zero-order valence-corrected chi connectivity index (χ0v) is 18.1. The molecule has 4 rings (SSSR count). The predicted octanol–water partition coefficient (Wildman–Crippen LogP) is 4.82. The Morgan fingerprint density at radius 3 is 2.21 bits per heavy atom. The first kappa shape index (κ1) is 19.4. The number of hydrogen-bond acceptors (Lipinski definition) is 7. The summed E-state index contributed by atoms with van der Waals surface area (Å²) >= 11 is 1.68. The van der Waals surface area contributed by atoms with Gasteiger partial charge in [0.05, 0.1) is 25.2 Å². The highest BCUT2D eigenvalue weighted by Crippen LogP contribution is 2.42. The summed E-state index contributed by atoms with van der Waals surface area (Å²) in [5, 5.41) is 9.99. The van der Waals surface area contributed by atoms with E-state index < -0.39 is 0 Å². The molecule has 0 spiro atoms. The first-order valence-corrected chi connectivity index (χ1v) is 10.6. The standard InChI is InChI=1S/C21H24N4O3S/c1-6-26-15-9-14(10-16(27-7-2)18(15)28-8-3)19-23-24-20-17-12(4)13(5)29-21(17)22-11-25(19)20/h9-11H,6-8H2,1-5H3. The lowest BCUT2D eigenvalue weighted by atomic mass is 10.1. The molecule has 0 saturated carbocycles. The van der Waals surface area contributed by atoms with Crippen LogP contribution in [0.2, 0.25) is 0 Å². The number of aromatic nitrogens is 4. The van der Waals surface area contributed by atoms with Crippen LogP contribution in [0.1, 0.15) is 31.2 Å². The number of thiophene rings is 1. The Labute approximate surface area is 173 Å². The Morgan fingerprint density at radius 1 is 0.931 bits per heavy atom. The molecule has 0 unspecified atom stereocenters. The van der Waals surface area contributed by atoms with E-state index in [2.05, 4.69) is 29.0 Å². The summed E-state index contributed by atoms with van der Waals surface area (Å²) < 4.78 is 19.4. The third-order valence-electron chi connectivity index (χ3n) is 4.74. The van der Waals surface area contributed by atoms with Gasteiger partial charge < -0.3 is 14.2 Å². The van der Waals surface area contributed by atoms with Crippen molar-refractivity contribution in [2.75, 3.05) is 19.8 Å². The fourth-order valence-corrected chi connectivity index (χ4v) is 4.35. The maximum atomic E-state index is 5.84. The number of nitrogens with zero attached hydrogens (tertiary/aromatic N) is 4. The van der Waals surface area contributed by atoms with Crippen molar-refractivity contribution in [2.24, 2.45) is 0 Å². The highest BCUT2D eigenvalue weighted by atomic mass is 32.1. The van der Waals surface area contributed by atoms with Crippen LogP contribution in [0.4, 0.5) is 0 Å². The van der Waals surface area contributed by atoms with Gasteiger partial charge in [0.1, 0.15) is 11.2 Å². The second kappa shape index (κ2) is 7.87. The van der Waals surface area contributed by atoms with E-state index in [0.29, 0.717) is 42.9 Å². The number of hydrogen-bond donors (Lipinski definition) is 0. The number of rotatable bonds is 7. The molecule has 3 heterocycles. The van der Waals surface area contributed by atoms with Crippen molar-refractivity contribution >= 4 is 27.2 Å². The largest absolute Gasteiger partial charge is 0.490 e. The van der Waals surface area contributed by atoms with Gasteiger partial charge in [0.2, 0.25) is 5.75 Å². The van der Waals surface area contributed by atoms with Crippen molar-refractivity contribution in [2.45, 2.75) is 34.6 Å². The Hall–Kier alpha value is -2.87. The average molecular weight is 413 g/mol. The SMILES string of the molecule is CCOc1cc(-c2nnc3c4c(C)c(C)sc4ncn23)cc(OCC)c1OCC. The summed E-state index contributed by atoms with van der Waals surface area (Å²) in [5.41, 5.74) is 2.83. The normalized spacial score (nSPS) is 11.3. The monoisotopic (exact) mass is 412 g/mol. The molecule has 0 atom stereocenters. The first-order valence-electron chi connectivity index (χ1n) is 9.75. The molecule has 4 aromatic rings. The van der Waals surface area contributed by atoms with E-state index in [1.165, 1.54) is 10.4 Å². The third kappa shape index (κ3) is 3.27. The molecule has 0 aliphatic carbocycles. The zero-order chi connectivity index (χ0) is 20.5. The Kier molecular flexibility index (Phi) is 5.27. The average Bonchev–Trinajstić information content (AvgIpc) is 3.25. The molecule has 8 heteroatoms. The van der Waals surface area contributed by atoms with Gasteiger partial charge in [0.15, 0.2) is 23.0 Å². The van der Waals surface area contributed by atoms with Gasteiger partial charge in [0, 0.05) is 10.4 Å². The smallest absolute Gasteiger partial charge is 0.203 e. The fraction of sp³-hybridized carbons (Fsp3) is 0.381. The molecule has 0 amide bonds. The molecular weight excluding hydrogens is 388 g/mol. The van der Waals surface area contributed by atoms with E-state index in [1.807, 2.05) is 37.3 Å². The minimum Gasteiger partial charge on any atom is -0.490 e. The van der Waals surface area contributed by atoms with E-state index in [4.69, 9.17) is 14.2 Å². The van der Waals surface area contributed by atoms with Gasteiger partial charge in [0.25, 0.3) is 0 Å². The topological polar surface area (TPSA) is 70.8 Å². The van der Waals surface area contributed by atoms with Gasteiger partial charge in [-0.2, -0.15) is 0 Å².